The molecule has 7 rings (SSSR count). The first kappa shape index (κ1) is 29.4. The number of ether oxygens (including phenoxy) is 1. The molecule has 2 amide bonds. The maximum absolute atomic E-state index is 13.7. The largest absolute Gasteiger partial charge is 0.382 e. The van der Waals surface area contributed by atoms with Crippen molar-refractivity contribution in [3.8, 4) is 11.3 Å². The van der Waals surface area contributed by atoms with Crippen LogP contribution in [-0.2, 0) is 21.5 Å². The number of carbonyl (C=O) groups excluding carboxylic acids is 2. The maximum atomic E-state index is 13.7. The first-order chi connectivity index (χ1) is 21.7. The van der Waals surface area contributed by atoms with Gasteiger partial charge >= 0.3 is 0 Å². The average Bonchev–Trinajstić information content (AvgIpc) is 3.73. The molecule has 1 aliphatic heterocycles. The second-order valence-electron chi connectivity index (χ2n) is 12.8. The van der Waals surface area contributed by atoms with Gasteiger partial charge in [-0.2, -0.15) is 0 Å². The number of carbonyl (C=O) groups is 2. The van der Waals surface area contributed by atoms with E-state index >= 15 is 0 Å². The van der Waals surface area contributed by atoms with Gasteiger partial charge in [-0.1, -0.05) is 30.3 Å². The van der Waals surface area contributed by atoms with E-state index in [0.29, 0.717) is 37.7 Å². The van der Waals surface area contributed by atoms with Crippen molar-refractivity contribution in [2.75, 3.05) is 38.6 Å². The van der Waals surface area contributed by atoms with Gasteiger partial charge in [-0.3, -0.25) is 18.9 Å². The summed E-state index contributed by atoms with van der Waals surface area (Å²) in [6.45, 7) is 5.40. The number of halogens is 1. The summed E-state index contributed by atoms with van der Waals surface area (Å²) in [4.78, 5) is 37.5. The van der Waals surface area contributed by atoms with Crippen molar-refractivity contribution in [3.05, 3.63) is 83.2 Å². The number of amides is 2. The summed E-state index contributed by atoms with van der Waals surface area (Å²) in [5, 5.41) is 6.31. The highest BCUT2D eigenvalue weighted by Gasteiger charge is 2.57. The smallest absolute Gasteiger partial charge is 0.251 e. The molecule has 1 saturated heterocycles. The summed E-state index contributed by atoms with van der Waals surface area (Å²) in [6.07, 6.45) is 8.20. The number of hydrogen-bond donors (Lipinski definition) is 3. The number of nitrogens with one attached hydrogen (secondary N) is 2. The van der Waals surface area contributed by atoms with E-state index in [2.05, 4.69) is 24.9 Å². The predicted molar refractivity (Wildman–Crippen MR) is 168 cm³/mol. The number of rotatable bonds is 8. The molecule has 2 bridgehead atoms. The third-order valence-corrected chi connectivity index (χ3v) is 9.90. The Kier molecular flexibility index (Phi) is 7.53. The van der Waals surface area contributed by atoms with Gasteiger partial charge in [0.25, 0.3) is 5.91 Å². The van der Waals surface area contributed by atoms with E-state index in [9.17, 15) is 14.0 Å². The molecule has 0 radical (unpaired) electrons. The van der Waals surface area contributed by atoms with Crippen LogP contribution in [0.5, 0.6) is 0 Å². The van der Waals surface area contributed by atoms with Crippen LogP contribution in [0, 0.1) is 12.7 Å². The molecule has 3 heterocycles. The van der Waals surface area contributed by atoms with Crippen molar-refractivity contribution in [1.29, 1.82) is 0 Å². The number of imidazole rings is 1. The number of nitrogens with zero attached hydrogens (tertiary/aromatic N) is 4. The van der Waals surface area contributed by atoms with Crippen LogP contribution in [0.15, 0.2) is 54.9 Å². The molecule has 3 aliphatic rings. The molecule has 45 heavy (non-hydrogen) atoms. The van der Waals surface area contributed by atoms with Gasteiger partial charge in [-0.15, -0.1) is 0 Å². The van der Waals surface area contributed by atoms with Crippen molar-refractivity contribution >= 4 is 23.1 Å². The number of aryl methyl sites for hydroxylation is 1. The molecule has 4 N–H and O–H groups in total. The molecular formula is C34H38FN7O3. The molecule has 10 nitrogen and oxygen atoms in total. The lowest BCUT2D eigenvalue weighted by Crippen LogP contribution is -2.50. The van der Waals surface area contributed by atoms with Gasteiger partial charge < -0.3 is 21.1 Å². The van der Waals surface area contributed by atoms with Gasteiger partial charge in [0.15, 0.2) is 0 Å². The van der Waals surface area contributed by atoms with E-state index in [1.54, 1.807) is 19.2 Å². The molecule has 0 unspecified atom stereocenters. The Hall–Kier alpha value is -4.35. The Morgan fingerprint density at radius 3 is 2.58 bits per heavy atom. The zero-order valence-corrected chi connectivity index (χ0v) is 25.4. The van der Waals surface area contributed by atoms with Crippen molar-refractivity contribution < 1.29 is 18.7 Å². The Balaban J connectivity index is 1.10. The Morgan fingerprint density at radius 1 is 1.07 bits per heavy atom. The molecular weight excluding hydrogens is 573 g/mol. The fourth-order valence-electron chi connectivity index (χ4n) is 7.51. The van der Waals surface area contributed by atoms with Crippen LogP contribution in [0.4, 0.5) is 10.2 Å². The maximum Gasteiger partial charge on any atom is 0.251 e. The van der Waals surface area contributed by atoms with Crippen molar-refractivity contribution in [2.45, 2.75) is 56.5 Å². The normalized spacial score (nSPS) is 23.0. The van der Waals surface area contributed by atoms with Crippen LogP contribution in [0.3, 0.4) is 0 Å². The molecule has 2 aromatic carbocycles. The van der Waals surface area contributed by atoms with Gasteiger partial charge in [-0.05, 0) is 62.3 Å². The van der Waals surface area contributed by atoms with E-state index in [4.69, 9.17) is 15.5 Å². The molecule has 0 spiro atoms. The van der Waals surface area contributed by atoms with E-state index in [0.717, 1.165) is 78.9 Å². The highest BCUT2D eigenvalue weighted by atomic mass is 19.1. The van der Waals surface area contributed by atoms with Gasteiger partial charge in [0, 0.05) is 54.1 Å². The second kappa shape index (κ2) is 11.5. The van der Waals surface area contributed by atoms with Crippen LogP contribution in [0.25, 0.3) is 16.8 Å². The van der Waals surface area contributed by atoms with Crippen LogP contribution in [0.2, 0.25) is 0 Å². The van der Waals surface area contributed by atoms with Crippen LogP contribution in [-0.4, -0.2) is 69.5 Å². The zero-order valence-electron chi connectivity index (χ0n) is 25.4. The Morgan fingerprint density at radius 2 is 1.82 bits per heavy atom. The van der Waals surface area contributed by atoms with Gasteiger partial charge in [0.1, 0.15) is 28.7 Å². The summed E-state index contributed by atoms with van der Waals surface area (Å²) in [5.41, 5.74) is 10.4. The zero-order chi connectivity index (χ0) is 31.2. The molecule has 2 aromatic heterocycles. The number of hydrogen-bond acceptors (Lipinski definition) is 7. The molecule has 234 valence electrons. The topological polar surface area (TPSA) is 127 Å². The standard InChI is InChI=1S/C34H38FN7O3/c1-22-2-7-25(35)18-26(22)31(44)38-19-23-3-5-24(6-4-23)28-29-30(36)37-12-13-42(29)32(39-28)33-8-10-34(21-33,11-9-33)40-27(43)20-41-14-16-45-17-15-41/h2-7,12-13,18H,8-11,14-17,19-21H2,1H3,(H2,36,37)(H,38,44)(H,40,43). The summed E-state index contributed by atoms with van der Waals surface area (Å²) in [7, 11) is 0. The van der Waals surface area contributed by atoms with Gasteiger partial charge in [-0.25, -0.2) is 14.4 Å². The summed E-state index contributed by atoms with van der Waals surface area (Å²) < 4.78 is 21.2. The lowest BCUT2D eigenvalue weighted by atomic mass is 9.83. The predicted octanol–water partition coefficient (Wildman–Crippen LogP) is 3.76. The molecule has 4 aromatic rings. The minimum Gasteiger partial charge on any atom is -0.382 e. The first-order valence-electron chi connectivity index (χ1n) is 15.6. The average molecular weight is 612 g/mol. The number of morpholine rings is 1. The minimum absolute atomic E-state index is 0.0825. The Bertz CT molecular complexity index is 1760. The van der Waals surface area contributed by atoms with Crippen LogP contribution >= 0.6 is 0 Å². The number of aromatic nitrogens is 3. The van der Waals surface area contributed by atoms with Crippen molar-refractivity contribution in [2.24, 2.45) is 0 Å². The quantitative estimate of drug-likeness (QED) is 0.277. The number of benzene rings is 2. The van der Waals surface area contributed by atoms with Gasteiger partial charge in [0.05, 0.1) is 19.8 Å². The summed E-state index contributed by atoms with van der Waals surface area (Å²) >= 11 is 0. The molecule has 11 heteroatoms. The summed E-state index contributed by atoms with van der Waals surface area (Å²) in [6, 6.07) is 12.1. The molecule has 3 fully saturated rings. The van der Waals surface area contributed by atoms with Crippen LogP contribution < -0.4 is 16.4 Å². The Labute approximate surface area is 261 Å². The third-order valence-electron chi connectivity index (χ3n) is 9.90. The van der Waals surface area contributed by atoms with Crippen molar-refractivity contribution in [3.63, 3.8) is 0 Å². The molecule has 2 aliphatic carbocycles. The van der Waals surface area contributed by atoms with Crippen LogP contribution in [0.1, 0.15) is 59.4 Å². The first-order valence-corrected chi connectivity index (χ1v) is 15.6. The third kappa shape index (κ3) is 5.55. The minimum atomic E-state index is -0.440. The molecule has 2 saturated carbocycles. The molecule has 0 atom stereocenters. The number of nitrogen functional groups attached to an aromatic ring is 1. The second-order valence-corrected chi connectivity index (χ2v) is 12.8. The van der Waals surface area contributed by atoms with E-state index in [1.807, 2.05) is 30.5 Å². The summed E-state index contributed by atoms with van der Waals surface area (Å²) in [5.74, 6) is 0.694. The van der Waals surface area contributed by atoms with Crippen molar-refractivity contribution in [1.82, 2.24) is 29.9 Å². The fourth-order valence-corrected chi connectivity index (χ4v) is 7.51. The lowest BCUT2D eigenvalue weighted by Gasteiger charge is -2.31. The SMILES string of the molecule is Cc1ccc(F)cc1C(=O)NCc1ccc(-c2nc(C34CCC(NC(=O)CN5CCOCC5)(CC3)C4)n3ccnc(N)c23)cc1. The van der Waals surface area contributed by atoms with E-state index in [-0.39, 0.29) is 22.8 Å². The van der Waals surface area contributed by atoms with Gasteiger partial charge in [0.2, 0.25) is 5.91 Å². The monoisotopic (exact) mass is 611 g/mol. The highest BCUT2D eigenvalue weighted by molar-refractivity contribution is 5.95. The van der Waals surface area contributed by atoms with E-state index in [1.165, 1.54) is 12.1 Å². The number of nitrogens with two attached hydrogens (primary N) is 1. The fraction of sp³-hybridized carbons (Fsp3) is 0.412. The number of anilines is 1. The number of fused-ring (bicyclic) bond motifs is 3. The highest BCUT2D eigenvalue weighted by Crippen LogP contribution is 2.57. The van der Waals surface area contributed by atoms with E-state index < -0.39 is 5.82 Å². The lowest BCUT2D eigenvalue weighted by molar-refractivity contribution is -0.125.